The number of benzene rings is 1. The SMILES string of the molecule is CCOC(=O)c1cnn(C2CCCN(C3=C(c4ccccc4)C=CC(Cl)(C4CCN(C(=O)C5CC5)CC4)C3)C2)c1C(F)F.O=C(O)C(F)(F)F. The predicted octanol–water partition coefficient (Wildman–Crippen LogP) is 7.27. The van der Waals surface area contributed by atoms with Gasteiger partial charge in [-0.25, -0.2) is 18.4 Å². The quantitative estimate of drug-likeness (QED) is 0.173. The second-order valence-corrected chi connectivity index (χ2v) is 13.7. The first-order valence-corrected chi connectivity index (χ1v) is 17.1. The Kier molecular flexibility index (Phi) is 11.6. The summed E-state index contributed by atoms with van der Waals surface area (Å²) in [7, 11) is 0. The van der Waals surface area contributed by atoms with Crippen molar-refractivity contribution in [2.75, 3.05) is 32.8 Å². The molecule has 1 amide bonds. The lowest BCUT2D eigenvalue weighted by atomic mass is 9.76. The van der Waals surface area contributed by atoms with Crippen molar-refractivity contribution in [3.05, 3.63) is 71.2 Å². The first-order valence-electron chi connectivity index (χ1n) is 16.8. The van der Waals surface area contributed by atoms with Crippen LogP contribution in [0.3, 0.4) is 0 Å². The number of allylic oxidation sites excluding steroid dienone is 4. The highest BCUT2D eigenvalue weighted by atomic mass is 35.5. The standard InChI is InChI=1S/C33H39ClF2N4O3.C2HF3O2/c1-2-43-32(42)27-20-37-40(29(27)30(35)36)25-9-6-16-39(21-25)28-19-33(34,15-12-26(28)22-7-4-3-5-8-22)24-13-17-38(18-14-24)31(41)23-10-11-23;3-2(4,5)1(6)7/h3-5,7-8,12,15,20,23-25,30H,2,6,9-11,13-14,16-19,21H2,1H3;(H,6,7). The van der Waals surface area contributed by atoms with Crippen LogP contribution in [0.15, 0.2) is 54.4 Å². The Labute approximate surface area is 291 Å². The maximum atomic E-state index is 14.3. The fourth-order valence-corrected chi connectivity index (χ4v) is 7.39. The molecule has 1 aromatic carbocycles. The van der Waals surface area contributed by atoms with E-state index in [4.69, 9.17) is 26.2 Å². The summed E-state index contributed by atoms with van der Waals surface area (Å²) in [6.45, 7) is 4.46. The number of likely N-dealkylation sites (tertiary alicyclic amines) is 2. The molecule has 2 aliphatic heterocycles. The van der Waals surface area contributed by atoms with Gasteiger partial charge < -0.3 is 19.6 Å². The smallest absolute Gasteiger partial charge is 0.475 e. The minimum absolute atomic E-state index is 0.101. The number of ether oxygens (including phenoxy) is 1. The van der Waals surface area contributed by atoms with Crippen LogP contribution in [-0.2, 0) is 14.3 Å². The number of nitrogens with zero attached hydrogens (tertiary/aromatic N) is 4. The number of alkyl halides is 6. The number of aromatic nitrogens is 2. The van der Waals surface area contributed by atoms with E-state index in [0.717, 1.165) is 68.6 Å². The molecule has 50 heavy (non-hydrogen) atoms. The predicted molar refractivity (Wildman–Crippen MR) is 174 cm³/mol. The third kappa shape index (κ3) is 8.50. The first kappa shape index (κ1) is 37.3. The molecule has 1 saturated carbocycles. The summed E-state index contributed by atoms with van der Waals surface area (Å²) in [6.07, 6.45) is 3.32. The summed E-state index contributed by atoms with van der Waals surface area (Å²) in [4.78, 5) is 37.7. The fourth-order valence-electron chi connectivity index (χ4n) is 6.99. The average Bonchev–Trinajstić information content (AvgIpc) is 3.85. The molecule has 3 fully saturated rings. The van der Waals surface area contributed by atoms with E-state index in [0.29, 0.717) is 25.3 Å². The molecule has 9 nitrogen and oxygen atoms in total. The van der Waals surface area contributed by atoms with Crippen LogP contribution < -0.4 is 0 Å². The fraction of sp³-hybridized carbons (Fsp3) is 0.543. The van der Waals surface area contributed by atoms with E-state index in [1.807, 2.05) is 23.1 Å². The van der Waals surface area contributed by atoms with Crippen LogP contribution in [0, 0.1) is 11.8 Å². The Morgan fingerprint density at radius 2 is 1.72 bits per heavy atom. The molecule has 2 aliphatic carbocycles. The van der Waals surface area contributed by atoms with E-state index < -0.39 is 29.4 Å². The molecule has 272 valence electrons. The van der Waals surface area contributed by atoms with Crippen molar-refractivity contribution in [2.24, 2.45) is 11.8 Å². The molecular formula is C35H40ClF5N4O5. The molecule has 15 heteroatoms. The van der Waals surface area contributed by atoms with Crippen molar-refractivity contribution in [2.45, 2.75) is 75.4 Å². The van der Waals surface area contributed by atoms with E-state index >= 15 is 0 Å². The number of hydrogen-bond donors (Lipinski definition) is 1. The molecule has 2 saturated heterocycles. The van der Waals surface area contributed by atoms with Gasteiger partial charge in [0, 0.05) is 49.8 Å². The number of carboxylic acid groups (broad SMARTS) is 1. The zero-order valence-electron chi connectivity index (χ0n) is 27.6. The molecule has 2 atom stereocenters. The zero-order valence-corrected chi connectivity index (χ0v) is 28.3. The van der Waals surface area contributed by atoms with Crippen molar-refractivity contribution in [3.63, 3.8) is 0 Å². The van der Waals surface area contributed by atoms with Gasteiger partial charge >= 0.3 is 18.1 Å². The molecule has 3 heterocycles. The summed E-state index contributed by atoms with van der Waals surface area (Å²) >= 11 is 7.49. The van der Waals surface area contributed by atoms with Crippen molar-refractivity contribution < 1.29 is 46.2 Å². The van der Waals surface area contributed by atoms with E-state index in [-0.39, 0.29) is 35.7 Å². The topological polar surface area (TPSA) is 105 Å². The normalized spacial score (nSPS) is 23.1. The van der Waals surface area contributed by atoms with Gasteiger partial charge in [-0.1, -0.05) is 42.5 Å². The number of piperidine rings is 2. The minimum atomic E-state index is -5.08. The molecule has 1 aromatic heterocycles. The van der Waals surface area contributed by atoms with Crippen LogP contribution >= 0.6 is 11.6 Å². The largest absolute Gasteiger partial charge is 0.490 e. The number of esters is 1. The Hall–Kier alpha value is -3.94. The van der Waals surface area contributed by atoms with Gasteiger partial charge in [0.15, 0.2) is 0 Å². The molecule has 4 aliphatic rings. The van der Waals surface area contributed by atoms with Crippen LogP contribution in [-0.4, -0.2) is 86.4 Å². The summed E-state index contributed by atoms with van der Waals surface area (Å²) < 4.78 is 66.7. The number of aliphatic carboxylic acids is 1. The third-order valence-electron chi connectivity index (χ3n) is 9.68. The second kappa shape index (κ2) is 15.5. The Morgan fingerprint density at radius 3 is 2.30 bits per heavy atom. The summed E-state index contributed by atoms with van der Waals surface area (Å²) in [6, 6.07) is 9.84. The highest BCUT2D eigenvalue weighted by molar-refractivity contribution is 6.26. The monoisotopic (exact) mass is 726 g/mol. The molecule has 0 bridgehead atoms. The maximum absolute atomic E-state index is 14.3. The lowest BCUT2D eigenvalue weighted by molar-refractivity contribution is -0.192. The van der Waals surface area contributed by atoms with E-state index in [9.17, 15) is 31.5 Å². The molecule has 6 rings (SSSR count). The Morgan fingerprint density at radius 1 is 1.06 bits per heavy atom. The number of rotatable bonds is 8. The van der Waals surface area contributed by atoms with Crippen LogP contribution in [0.2, 0.25) is 0 Å². The van der Waals surface area contributed by atoms with E-state index in [2.05, 4.69) is 34.3 Å². The van der Waals surface area contributed by atoms with Gasteiger partial charge in [0.25, 0.3) is 6.43 Å². The minimum Gasteiger partial charge on any atom is -0.475 e. The lowest BCUT2D eigenvalue weighted by Gasteiger charge is -2.45. The number of amides is 1. The average molecular weight is 727 g/mol. The number of carbonyl (C=O) groups is 3. The van der Waals surface area contributed by atoms with E-state index in [1.165, 1.54) is 10.9 Å². The Balaban J connectivity index is 0.000000630. The van der Waals surface area contributed by atoms with Gasteiger partial charge in [0.2, 0.25) is 5.91 Å². The van der Waals surface area contributed by atoms with Crippen LogP contribution in [0.5, 0.6) is 0 Å². The highest BCUT2D eigenvalue weighted by Crippen LogP contribution is 2.47. The van der Waals surface area contributed by atoms with Crippen molar-refractivity contribution in [1.82, 2.24) is 19.6 Å². The van der Waals surface area contributed by atoms with Crippen LogP contribution in [0.4, 0.5) is 22.0 Å². The van der Waals surface area contributed by atoms with Gasteiger partial charge in [0.05, 0.1) is 23.7 Å². The maximum Gasteiger partial charge on any atom is 0.490 e. The summed E-state index contributed by atoms with van der Waals surface area (Å²) in [5, 5.41) is 11.4. The van der Waals surface area contributed by atoms with Crippen LogP contribution in [0.1, 0.15) is 86.0 Å². The van der Waals surface area contributed by atoms with Gasteiger partial charge in [-0.05, 0) is 56.9 Å². The van der Waals surface area contributed by atoms with Gasteiger partial charge in [0.1, 0.15) is 11.3 Å². The van der Waals surface area contributed by atoms with Crippen molar-refractivity contribution >= 4 is 35.0 Å². The van der Waals surface area contributed by atoms with Gasteiger partial charge in [-0.15, -0.1) is 11.6 Å². The molecule has 1 N–H and O–H groups in total. The number of hydrogen-bond acceptors (Lipinski definition) is 6. The molecule has 0 spiro atoms. The first-order chi connectivity index (χ1) is 23.7. The summed E-state index contributed by atoms with van der Waals surface area (Å²) in [5.41, 5.74) is 2.70. The molecule has 2 unspecified atom stereocenters. The number of halogens is 6. The van der Waals surface area contributed by atoms with Gasteiger partial charge in [-0.3, -0.25) is 9.48 Å². The van der Waals surface area contributed by atoms with Crippen molar-refractivity contribution in [3.8, 4) is 0 Å². The molecular weight excluding hydrogens is 687 g/mol. The Bertz CT molecular complexity index is 1600. The van der Waals surface area contributed by atoms with Crippen molar-refractivity contribution in [1.29, 1.82) is 0 Å². The molecule has 2 aromatic rings. The van der Waals surface area contributed by atoms with Crippen LogP contribution in [0.25, 0.3) is 5.57 Å². The third-order valence-corrected chi connectivity index (χ3v) is 10.2. The molecule has 0 radical (unpaired) electrons. The summed E-state index contributed by atoms with van der Waals surface area (Å²) in [5.74, 6) is -2.81. The number of carbonyl (C=O) groups excluding carboxylic acids is 2. The highest BCUT2D eigenvalue weighted by Gasteiger charge is 2.44. The van der Waals surface area contributed by atoms with E-state index in [1.54, 1.807) is 6.92 Å². The zero-order chi connectivity index (χ0) is 36.2. The lowest BCUT2D eigenvalue weighted by Crippen LogP contribution is -2.46. The van der Waals surface area contributed by atoms with Gasteiger partial charge in [-0.2, -0.15) is 18.3 Å². The number of carboxylic acids is 1. The second-order valence-electron chi connectivity index (χ2n) is 13.0.